The minimum atomic E-state index is -0.300. The molecule has 0 radical (unpaired) electrons. The Kier molecular flexibility index (Phi) is 3.78. The highest BCUT2D eigenvalue weighted by Crippen LogP contribution is 2.53. The highest BCUT2D eigenvalue weighted by atomic mass is 32.1. The molecule has 2 heterocycles. The molecule has 4 heteroatoms. The molecule has 1 aliphatic carbocycles. The zero-order valence-corrected chi connectivity index (χ0v) is 12.8. The first-order chi connectivity index (χ1) is 8.65. The minimum Gasteiger partial charge on any atom is -0.468 e. The molecule has 18 heavy (non-hydrogen) atoms. The van der Waals surface area contributed by atoms with Crippen molar-refractivity contribution in [3.8, 4) is 0 Å². The zero-order valence-electron chi connectivity index (χ0n) is 11.2. The van der Waals surface area contributed by atoms with Crippen molar-refractivity contribution in [2.24, 2.45) is 0 Å². The molecule has 0 unspecified atom stereocenters. The van der Waals surface area contributed by atoms with Gasteiger partial charge in [-0.15, -0.1) is 22.7 Å². The Hall–Kier alpha value is -0.870. The Morgan fingerprint density at radius 1 is 1.22 bits per heavy atom. The molecule has 0 amide bonds. The summed E-state index contributed by atoms with van der Waals surface area (Å²) in [6.45, 7) is 6.12. The van der Waals surface area contributed by atoms with Gasteiger partial charge in [-0.2, -0.15) is 0 Å². The van der Waals surface area contributed by atoms with Crippen LogP contribution in [0, 0.1) is 6.92 Å². The number of hydrogen-bond acceptors (Lipinski definition) is 4. The maximum atomic E-state index is 11.7. The number of esters is 1. The van der Waals surface area contributed by atoms with E-state index in [1.807, 2.05) is 13.8 Å². The third-order valence-electron chi connectivity index (χ3n) is 3.13. The molecule has 0 bridgehead atoms. The molecule has 0 aliphatic heterocycles. The molecule has 2 nitrogen and oxygen atoms in total. The molecule has 2 aromatic heterocycles. The van der Waals surface area contributed by atoms with Crippen LogP contribution < -0.4 is 0 Å². The van der Waals surface area contributed by atoms with E-state index < -0.39 is 0 Å². The van der Waals surface area contributed by atoms with Gasteiger partial charge in [0.2, 0.25) is 0 Å². The molecule has 98 valence electrons. The topological polar surface area (TPSA) is 26.3 Å². The molecule has 0 atom stereocenters. The fraction of sp³-hybridized carbons (Fsp3) is 0.500. The quantitative estimate of drug-likeness (QED) is 0.758. The summed E-state index contributed by atoms with van der Waals surface area (Å²) in [6.07, 6.45) is 1.87. The van der Waals surface area contributed by atoms with E-state index in [-0.39, 0.29) is 11.4 Å². The Balaban J connectivity index is 0.000000574. The Morgan fingerprint density at radius 3 is 2.33 bits per heavy atom. The second kappa shape index (κ2) is 5.02. The predicted octanol–water partition coefficient (Wildman–Crippen LogP) is 4.50. The normalized spacial score (nSPS) is 16.0. The smallest absolute Gasteiger partial charge is 0.317 e. The average molecular weight is 282 g/mol. The SMILES string of the molecule is CC.COC(=O)C1(c2cc3sc(C)cc3s2)CC1. The van der Waals surface area contributed by atoms with Crippen LogP contribution in [-0.4, -0.2) is 13.1 Å². The van der Waals surface area contributed by atoms with Crippen molar-refractivity contribution in [3.05, 3.63) is 21.9 Å². The van der Waals surface area contributed by atoms with Crippen molar-refractivity contribution in [2.45, 2.75) is 39.0 Å². The summed E-state index contributed by atoms with van der Waals surface area (Å²) in [5.41, 5.74) is -0.300. The summed E-state index contributed by atoms with van der Waals surface area (Å²) < 4.78 is 7.50. The van der Waals surface area contributed by atoms with E-state index in [4.69, 9.17) is 4.74 Å². The molecule has 1 aliphatic rings. The molecule has 0 spiro atoms. The van der Waals surface area contributed by atoms with Crippen molar-refractivity contribution in [3.63, 3.8) is 0 Å². The van der Waals surface area contributed by atoms with Gasteiger partial charge in [-0.3, -0.25) is 4.79 Å². The van der Waals surface area contributed by atoms with Crippen LogP contribution in [0.25, 0.3) is 9.40 Å². The van der Waals surface area contributed by atoms with Crippen LogP contribution in [0.2, 0.25) is 0 Å². The van der Waals surface area contributed by atoms with Gasteiger partial charge in [-0.25, -0.2) is 0 Å². The zero-order chi connectivity index (χ0) is 13.3. The van der Waals surface area contributed by atoms with Gasteiger partial charge in [0.05, 0.1) is 7.11 Å². The number of fused-ring (bicyclic) bond motifs is 1. The molecule has 1 saturated carbocycles. The number of ether oxygens (including phenoxy) is 1. The van der Waals surface area contributed by atoms with E-state index in [0.717, 1.165) is 12.8 Å². The van der Waals surface area contributed by atoms with Gasteiger partial charge in [0.1, 0.15) is 5.41 Å². The second-order valence-corrected chi connectivity index (χ2v) is 6.64. The Morgan fingerprint density at radius 2 is 1.83 bits per heavy atom. The van der Waals surface area contributed by atoms with Gasteiger partial charge in [0, 0.05) is 19.2 Å². The predicted molar refractivity (Wildman–Crippen MR) is 78.7 cm³/mol. The van der Waals surface area contributed by atoms with Crippen molar-refractivity contribution in [2.75, 3.05) is 7.11 Å². The fourth-order valence-corrected chi connectivity index (χ4v) is 4.61. The number of hydrogen-bond donors (Lipinski definition) is 0. The molecule has 2 aromatic rings. The van der Waals surface area contributed by atoms with Crippen molar-refractivity contribution in [1.82, 2.24) is 0 Å². The lowest BCUT2D eigenvalue weighted by Gasteiger charge is -2.09. The number of thiophene rings is 2. The van der Waals surface area contributed by atoms with E-state index in [2.05, 4.69) is 19.1 Å². The number of aryl methyl sites for hydroxylation is 1. The summed E-state index contributed by atoms with van der Waals surface area (Å²) in [5.74, 6) is -0.0712. The molecular formula is C14H18O2S2. The van der Waals surface area contributed by atoms with Gasteiger partial charge >= 0.3 is 5.97 Å². The third-order valence-corrected chi connectivity index (χ3v) is 5.54. The van der Waals surface area contributed by atoms with Crippen molar-refractivity contribution >= 4 is 38.0 Å². The summed E-state index contributed by atoms with van der Waals surface area (Å²) in [6, 6.07) is 4.36. The summed E-state index contributed by atoms with van der Waals surface area (Å²) in [7, 11) is 1.47. The third kappa shape index (κ3) is 2.08. The first-order valence-corrected chi connectivity index (χ1v) is 7.88. The molecule has 0 N–H and O–H groups in total. The average Bonchev–Trinajstić information content (AvgIpc) is 2.99. The van der Waals surface area contributed by atoms with E-state index in [1.54, 1.807) is 22.7 Å². The lowest BCUT2D eigenvalue weighted by Crippen LogP contribution is -2.20. The number of rotatable bonds is 2. The van der Waals surface area contributed by atoms with Gasteiger partial charge < -0.3 is 4.74 Å². The monoisotopic (exact) mass is 282 g/mol. The Bertz CT molecular complexity index is 530. The van der Waals surface area contributed by atoms with Gasteiger partial charge in [-0.05, 0) is 31.9 Å². The molecule has 1 fully saturated rings. The van der Waals surface area contributed by atoms with Crippen LogP contribution in [0.3, 0.4) is 0 Å². The summed E-state index contributed by atoms with van der Waals surface area (Å²) >= 11 is 3.54. The molecule has 0 saturated heterocycles. The van der Waals surface area contributed by atoms with E-state index in [9.17, 15) is 4.79 Å². The van der Waals surface area contributed by atoms with Crippen LogP contribution in [0.15, 0.2) is 12.1 Å². The summed E-state index contributed by atoms with van der Waals surface area (Å²) in [5, 5.41) is 0. The van der Waals surface area contributed by atoms with Crippen LogP contribution in [0.1, 0.15) is 36.4 Å². The molecule has 0 aromatic carbocycles. The number of methoxy groups -OCH3 is 1. The van der Waals surface area contributed by atoms with Gasteiger partial charge in [0.25, 0.3) is 0 Å². The maximum Gasteiger partial charge on any atom is 0.317 e. The first-order valence-electron chi connectivity index (χ1n) is 6.24. The van der Waals surface area contributed by atoms with Crippen molar-refractivity contribution < 1.29 is 9.53 Å². The summed E-state index contributed by atoms with van der Waals surface area (Å²) in [4.78, 5) is 14.3. The van der Waals surface area contributed by atoms with E-state index >= 15 is 0 Å². The number of carbonyl (C=O) groups excluding carboxylic acids is 1. The second-order valence-electron chi connectivity index (χ2n) is 4.27. The lowest BCUT2D eigenvalue weighted by atomic mass is 10.1. The number of carbonyl (C=O) groups is 1. The largest absolute Gasteiger partial charge is 0.468 e. The highest BCUT2D eigenvalue weighted by Gasteiger charge is 2.53. The lowest BCUT2D eigenvalue weighted by molar-refractivity contribution is -0.143. The molecule has 3 rings (SSSR count). The highest BCUT2D eigenvalue weighted by molar-refractivity contribution is 7.27. The van der Waals surface area contributed by atoms with E-state index in [0.29, 0.717) is 0 Å². The maximum absolute atomic E-state index is 11.7. The van der Waals surface area contributed by atoms with Crippen LogP contribution in [0.5, 0.6) is 0 Å². The molecular weight excluding hydrogens is 264 g/mol. The van der Waals surface area contributed by atoms with Crippen LogP contribution in [-0.2, 0) is 14.9 Å². The minimum absolute atomic E-state index is 0.0712. The van der Waals surface area contributed by atoms with E-state index in [1.165, 1.54) is 26.3 Å². The van der Waals surface area contributed by atoms with Crippen LogP contribution >= 0.6 is 22.7 Å². The van der Waals surface area contributed by atoms with Crippen LogP contribution in [0.4, 0.5) is 0 Å². The van der Waals surface area contributed by atoms with Crippen molar-refractivity contribution in [1.29, 1.82) is 0 Å². The fourth-order valence-electron chi connectivity index (χ4n) is 2.06. The standard InChI is InChI=1S/C12H12O2S2.C2H6/c1-7-5-8-9(15-7)6-10(16-8)12(3-4-12)11(13)14-2;1-2/h5-6H,3-4H2,1-2H3;1-2H3. The van der Waals surface area contributed by atoms with Gasteiger partial charge in [0.15, 0.2) is 0 Å². The first kappa shape index (κ1) is 13.6. The Labute approximate surface area is 116 Å². The van der Waals surface area contributed by atoms with Gasteiger partial charge in [-0.1, -0.05) is 13.8 Å².